The Morgan fingerprint density at radius 2 is 2.14 bits per heavy atom. The third-order valence-electron chi connectivity index (χ3n) is 5.44. The monoisotopic (exact) mass is 418 g/mol. The van der Waals surface area contributed by atoms with E-state index in [1.807, 2.05) is 0 Å². The lowest BCUT2D eigenvalue weighted by Crippen LogP contribution is -2.28. The maximum absolute atomic E-state index is 14.8. The largest absolute Gasteiger partial charge is 0.357 e. The van der Waals surface area contributed by atoms with Crippen molar-refractivity contribution in [1.82, 2.24) is 9.05 Å². The summed E-state index contributed by atoms with van der Waals surface area (Å²) in [7, 11) is 0. The van der Waals surface area contributed by atoms with Gasteiger partial charge >= 0.3 is 5.63 Å². The van der Waals surface area contributed by atoms with E-state index in [0.717, 1.165) is 32.2 Å². The fourth-order valence-corrected chi connectivity index (χ4v) is 5.21. The highest BCUT2D eigenvalue weighted by molar-refractivity contribution is 7.97. The van der Waals surface area contributed by atoms with Crippen LogP contribution < -0.4 is 5.63 Å². The Kier molecular flexibility index (Phi) is 6.06. The second-order valence-electron chi connectivity index (χ2n) is 7.51. The quantitative estimate of drug-likeness (QED) is 0.624. The lowest BCUT2D eigenvalue weighted by Gasteiger charge is -2.33. The third-order valence-corrected chi connectivity index (χ3v) is 6.81. The summed E-state index contributed by atoms with van der Waals surface area (Å²) < 4.78 is 37.9. The molecule has 2 aromatic rings. The molecular weight excluding hydrogens is 394 g/mol. The van der Waals surface area contributed by atoms with Crippen LogP contribution in [0.5, 0.6) is 0 Å². The first-order valence-corrected chi connectivity index (χ1v) is 10.8. The average Bonchev–Trinajstić information content (AvgIpc) is 3.17. The van der Waals surface area contributed by atoms with Gasteiger partial charge in [-0.25, -0.2) is 22.6 Å². The number of allylic oxidation sites excluding steroid dienone is 3. The normalized spacial score (nSPS) is 21.2. The number of aromatic nitrogens is 1. The fraction of sp³-hybridized carbons (Fsp3) is 0.409. The molecule has 2 unspecified atom stereocenters. The molecule has 29 heavy (non-hydrogen) atoms. The molecule has 2 atom stereocenters. The summed E-state index contributed by atoms with van der Waals surface area (Å²) in [5.74, 6) is -0.941. The molecule has 1 fully saturated rings. The van der Waals surface area contributed by atoms with E-state index in [1.165, 1.54) is 34.7 Å². The van der Waals surface area contributed by atoms with Crippen molar-refractivity contribution in [3.05, 3.63) is 81.4 Å². The second-order valence-corrected chi connectivity index (χ2v) is 8.81. The highest BCUT2D eigenvalue weighted by Gasteiger charge is 2.25. The first kappa shape index (κ1) is 20.2. The summed E-state index contributed by atoms with van der Waals surface area (Å²) in [6.07, 6.45) is 12.4. The van der Waals surface area contributed by atoms with Gasteiger partial charge in [0.25, 0.3) is 0 Å². The molecule has 154 valence electrons. The average molecular weight is 419 g/mol. The van der Waals surface area contributed by atoms with Crippen molar-refractivity contribution in [3.63, 3.8) is 0 Å². The Bertz CT molecular complexity index is 995. The van der Waals surface area contributed by atoms with Gasteiger partial charge in [-0.05, 0) is 50.3 Å². The molecule has 0 bridgehead atoms. The molecule has 0 spiro atoms. The van der Waals surface area contributed by atoms with E-state index in [-0.39, 0.29) is 5.56 Å². The minimum atomic E-state index is -0.611. The predicted molar refractivity (Wildman–Crippen MR) is 111 cm³/mol. The summed E-state index contributed by atoms with van der Waals surface area (Å²) in [4.78, 5) is 11.2. The molecule has 1 saturated heterocycles. The summed E-state index contributed by atoms with van der Waals surface area (Å²) in [5, 5.41) is 0.379. The Hall–Kier alpha value is -2.12. The molecule has 2 heterocycles. The lowest BCUT2D eigenvalue weighted by atomic mass is 10.0. The molecule has 7 heteroatoms. The van der Waals surface area contributed by atoms with Crippen molar-refractivity contribution in [2.75, 3.05) is 6.54 Å². The highest BCUT2D eigenvalue weighted by atomic mass is 32.2. The molecule has 0 amide bonds. The van der Waals surface area contributed by atoms with Crippen LogP contribution >= 0.6 is 11.9 Å². The summed E-state index contributed by atoms with van der Waals surface area (Å²) >= 11 is 1.73. The maximum Gasteiger partial charge on any atom is 0.357 e. The fourth-order valence-electron chi connectivity index (χ4n) is 3.83. The van der Waals surface area contributed by atoms with Crippen molar-refractivity contribution in [2.45, 2.75) is 50.4 Å². The van der Waals surface area contributed by atoms with Crippen LogP contribution in [-0.4, -0.2) is 20.8 Å². The smallest absolute Gasteiger partial charge is 0.336 e. The van der Waals surface area contributed by atoms with Crippen LogP contribution in [0.1, 0.15) is 49.8 Å². The van der Waals surface area contributed by atoms with Gasteiger partial charge in [-0.2, -0.15) is 0 Å². The van der Waals surface area contributed by atoms with E-state index < -0.39 is 23.3 Å². The first-order valence-electron chi connectivity index (χ1n) is 9.96. The van der Waals surface area contributed by atoms with Crippen LogP contribution in [0.4, 0.5) is 8.78 Å². The molecule has 1 aliphatic carbocycles. The van der Waals surface area contributed by atoms with Crippen molar-refractivity contribution < 1.29 is 13.3 Å². The Morgan fingerprint density at radius 3 is 2.86 bits per heavy atom. The molecule has 1 aromatic heterocycles. The van der Waals surface area contributed by atoms with Crippen LogP contribution in [-0.2, 0) is 6.54 Å². The zero-order chi connectivity index (χ0) is 20.4. The minimum absolute atomic E-state index is 0.160. The molecule has 4 rings (SSSR count). The van der Waals surface area contributed by atoms with Crippen LogP contribution in [0.25, 0.3) is 0 Å². The molecule has 1 aliphatic heterocycles. The molecule has 0 saturated carbocycles. The van der Waals surface area contributed by atoms with E-state index in [9.17, 15) is 13.6 Å². The van der Waals surface area contributed by atoms with E-state index in [0.29, 0.717) is 17.4 Å². The van der Waals surface area contributed by atoms with E-state index in [1.54, 1.807) is 18.9 Å². The van der Waals surface area contributed by atoms with Crippen molar-refractivity contribution in [3.8, 4) is 0 Å². The van der Waals surface area contributed by atoms with Crippen LogP contribution in [0.15, 0.2) is 57.5 Å². The van der Waals surface area contributed by atoms with Gasteiger partial charge in [-0.1, -0.05) is 30.2 Å². The Morgan fingerprint density at radius 1 is 1.28 bits per heavy atom. The minimum Gasteiger partial charge on any atom is -0.336 e. The number of hydrogen-bond donors (Lipinski definition) is 0. The van der Waals surface area contributed by atoms with Gasteiger partial charge in [0.15, 0.2) is 0 Å². The second kappa shape index (κ2) is 8.71. The van der Waals surface area contributed by atoms with Gasteiger partial charge in [0, 0.05) is 41.7 Å². The number of rotatable bonds is 5. The van der Waals surface area contributed by atoms with Gasteiger partial charge in [0.2, 0.25) is 0 Å². The molecule has 2 aliphatic rings. The van der Waals surface area contributed by atoms with E-state index in [4.69, 9.17) is 4.52 Å². The third kappa shape index (κ3) is 4.56. The SMILES string of the molecule is CC(c1cc(F)c(CN2CCCC(C3=CCCC=C3)S2)cc1F)n1ccc(=O)o1. The van der Waals surface area contributed by atoms with Crippen LogP contribution in [0.2, 0.25) is 0 Å². The number of hydrogen-bond acceptors (Lipinski definition) is 4. The van der Waals surface area contributed by atoms with Gasteiger partial charge in [0.1, 0.15) is 11.6 Å². The van der Waals surface area contributed by atoms with Crippen molar-refractivity contribution in [2.24, 2.45) is 0 Å². The highest BCUT2D eigenvalue weighted by Crippen LogP contribution is 2.36. The molecular formula is C22H24F2N2O2S. The number of benzene rings is 1. The number of halogens is 2. The molecule has 0 N–H and O–H groups in total. The Balaban J connectivity index is 1.49. The number of nitrogens with zero attached hydrogens (tertiary/aromatic N) is 2. The molecule has 1 aromatic carbocycles. The zero-order valence-electron chi connectivity index (χ0n) is 16.3. The van der Waals surface area contributed by atoms with Crippen molar-refractivity contribution >= 4 is 11.9 Å². The molecule has 0 radical (unpaired) electrons. The standard InChI is InChI=1S/C22H24F2N2O2S/c1-15(26-11-9-22(27)28-26)18-13-19(23)17(12-20(18)24)14-25-10-5-8-21(29-25)16-6-3-2-4-7-16/h3,6-7,9,11-13,15,21H,2,4-5,8,10,14H2,1H3. The first-order chi connectivity index (χ1) is 14.0. The summed E-state index contributed by atoms with van der Waals surface area (Å²) in [6, 6.07) is 3.13. The lowest BCUT2D eigenvalue weighted by molar-refractivity contribution is 0.231. The zero-order valence-corrected chi connectivity index (χ0v) is 17.1. The topological polar surface area (TPSA) is 38.4 Å². The van der Waals surface area contributed by atoms with Gasteiger partial charge < -0.3 is 4.52 Å². The molecule has 4 nitrogen and oxygen atoms in total. The van der Waals surface area contributed by atoms with Gasteiger partial charge in [0.05, 0.1) is 6.04 Å². The van der Waals surface area contributed by atoms with Crippen LogP contribution in [0, 0.1) is 11.6 Å². The van der Waals surface area contributed by atoms with E-state index >= 15 is 0 Å². The van der Waals surface area contributed by atoms with E-state index in [2.05, 4.69) is 22.5 Å². The van der Waals surface area contributed by atoms with Gasteiger partial charge in [-0.15, -0.1) is 0 Å². The Labute approximate surface area is 173 Å². The maximum atomic E-state index is 14.8. The summed E-state index contributed by atoms with van der Waals surface area (Å²) in [5.41, 5.74) is 1.32. The predicted octanol–water partition coefficient (Wildman–Crippen LogP) is 5.22. The summed E-state index contributed by atoms with van der Waals surface area (Å²) in [6.45, 7) is 2.87. The van der Waals surface area contributed by atoms with Crippen LogP contribution in [0.3, 0.4) is 0 Å². The van der Waals surface area contributed by atoms with Gasteiger partial charge in [-0.3, -0.25) is 0 Å². The van der Waals surface area contributed by atoms with Crippen molar-refractivity contribution in [1.29, 1.82) is 0 Å².